The van der Waals surface area contributed by atoms with Crippen LogP contribution >= 0.6 is 0 Å². The third kappa shape index (κ3) is 5.80. The lowest BCUT2D eigenvalue weighted by molar-refractivity contribution is 0.135. The molecule has 1 aromatic rings. The van der Waals surface area contributed by atoms with Gasteiger partial charge in [-0.25, -0.2) is 0 Å². The van der Waals surface area contributed by atoms with E-state index in [9.17, 15) is 5.11 Å². The largest absolute Gasteiger partial charge is 0.390 e. The van der Waals surface area contributed by atoms with Gasteiger partial charge in [0.2, 0.25) is 0 Å². The summed E-state index contributed by atoms with van der Waals surface area (Å²) in [4.78, 5) is 6.03. The Morgan fingerprint density at radius 3 is 2.94 bits per heavy atom. The minimum absolute atomic E-state index is 0.302. The van der Waals surface area contributed by atoms with Gasteiger partial charge in [0.1, 0.15) is 0 Å². The van der Waals surface area contributed by atoms with Gasteiger partial charge < -0.3 is 15.3 Å². The maximum Gasteiger partial charge on any atom is 0.0791 e. The van der Waals surface area contributed by atoms with Gasteiger partial charge in [0.05, 0.1) is 6.10 Å². The van der Waals surface area contributed by atoms with Crippen LogP contribution in [-0.2, 0) is 6.42 Å². The van der Waals surface area contributed by atoms with E-state index >= 15 is 0 Å². The molecule has 1 aromatic heterocycles. The molecule has 0 fully saturated rings. The summed E-state index contributed by atoms with van der Waals surface area (Å²) in [7, 11) is 3.91. The Morgan fingerprint density at radius 1 is 1.50 bits per heavy atom. The zero-order valence-electron chi connectivity index (χ0n) is 10.1. The number of hydrogen-bond acceptors (Lipinski definition) is 4. The monoisotopic (exact) mass is 223 g/mol. The molecule has 1 atom stereocenters. The maximum absolute atomic E-state index is 9.60. The van der Waals surface area contributed by atoms with Gasteiger partial charge >= 0.3 is 0 Å². The van der Waals surface area contributed by atoms with E-state index in [4.69, 9.17) is 0 Å². The fourth-order valence-corrected chi connectivity index (χ4v) is 1.53. The van der Waals surface area contributed by atoms with Crippen LogP contribution < -0.4 is 5.32 Å². The minimum atomic E-state index is -0.302. The van der Waals surface area contributed by atoms with Crippen LogP contribution in [0.2, 0.25) is 0 Å². The van der Waals surface area contributed by atoms with Crippen molar-refractivity contribution in [1.82, 2.24) is 15.2 Å². The van der Waals surface area contributed by atoms with Crippen molar-refractivity contribution in [3.63, 3.8) is 0 Å². The summed E-state index contributed by atoms with van der Waals surface area (Å²) >= 11 is 0. The second-order valence-corrected chi connectivity index (χ2v) is 4.23. The molecule has 0 spiro atoms. The summed E-state index contributed by atoms with van der Waals surface area (Å²) in [6.07, 6.45) is 4.29. The molecule has 4 nitrogen and oxygen atoms in total. The van der Waals surface area contributed by atoms with Crippen LogP contribution in [0.3, 0.4) is 0 Å². The Hall–Kier alpha value is -0.970. The summed E-state index contributed by atoms with van der Waals surface area (Å²) in [6, 6.07) is 4.00. The number of pyridine rings is 1. The fourth-order valence-electron chi connectivity index (χ4n) is 1.53. The molecule has 16 heavy (non-hydrogen) atoms. The molecule has 2 N–H and O–H groups in total. The standard InChI is InChI=1S/C12H21N3O/c1-15(2)10-12(16)9-14-7-5-11-4-3-6-13-8-11/h3-4,6,8,12,14,16H,5,7,9-10H2,1-2H3. The predicted octanol–water partition coefficient (Wildman–Crippen LogP) is 0.136. The summed E-state index contributed by atoms with van der Waals surface area (Å²) in [5.74, 6) is 0. The third-order valence-corrected chi connectivity index (χ3v) is 2.27. The van der Waals surface area contributed by atoms with Crippen LogP contribution in [0.5, 0.6) is 0 Å². The van der Waals surface area contributed by atoms with Gasteiger partial charge in [-0.2, -0.15) is 0 Å². The molecule has 0 bridgehead atoms. The Kier molecular flexibility index (Phi) is 6.00. The van der Waals surface area contributed by atoms with Crippen LogP contribution in [0.25, 0.3) is 0 Å². The first-order valence-electron chi connectivity index (χ1n) is 5.61. The van der Waals surface area contributed by atoms with E-state index in [-0.39, 0.29) is 6.10 Å². The second-order valence-electron chi connectivity index (χ2n) is 4.23. The van der Waals surface area contributed by atoms with Crippen molar-refractivity contribution >= 4 is 0 Å². The van der Waals surface area contributed by atoms with Gasteiger partial charge in [0.25, 0.3) is 0 Å². The van der Waals surface area contributed by atoms with E-state index in [1.165, 1.54) is 5.56 Å². The Balaban J connectivity index is 2.08. The number of likely N-dealkylation sites (N-methyl/N-ethyl adjacent to an activating group) is 1. The topological polar surface area (TPSA) is 48.4 Å². The number of aromatic nitrogens is 1. The van der Waals surface area contributed by atoms with E-state index in [0.717, 1.165) is 13.0 Å². The highest BCUT2D eigenvalue weighted by atomic mass is 16.3. The van der Waals surface area contributed by atoms with Crippen molar-refractivity contribution in [3.8, 4) is 0 Å². The molecule has 0 aliphatic carbocycles. The molecular weight excluding hydrogens is 202 g/mol. The van der Waals surface area contributed by atoms with Crippen molar-refractivity contribution < 1.29 is 5.11 Å². The lowest BCUT2D eigenvalue weighted by atomic mass is 10.2. The average molecular weight is 223 g/mol. The number of aliphatic hydroxyl groups excluding tert-OH is 1. The van der Waals surface area contributed by atoms with E-state index in [1.54, 1.807) is 6.20 Å². The molecule has 1 unspecified atom stereocenters. The van der Waals surface area contributed by atoms with E-state index < -0.39 is 0 Å². The summed E-state index contributed by atoms with van der Waals surface area (Å²) in [5, 5.41) is 12.8. The van der Waals surface area contributed by atoms with Crippen LogP contribution in [0, 0.1) is 0 Å². The van der Waals surface area contributed by atoms with Crippen molar-refractivity contribution in [3.05, 3.63) is 30.1 Å². The number of aliphatic hydroxyl groups is 1. The summed E-state index contributed by atoms with van der Waals surface area (Å²) in [6.45, 7) is 2.20. The third-order valence-electron chi connectivity index (χ3n) is 2.27. The highest BCUT2D eigenvalue weighted by Gasteiger charge is 2.04. The molecule has 0 amide bonds. The average Bonchev–Trinajstić information content (AvgIpc) is 2.25. The van der Waals surface area contributed by atoms with Crippen molar-refractivity contribution in [2.45, 2.75) is 12.5 Å². The number of nitrogens with zero attached hydrogens (tertiary/aromatic N) is 2. The van der Waals surface area contributed by atoms with Crippen molar-refractivity contribution in [2.75, 3.05) is 33.7 Å². The fraction of sp³-hybridized carbons (Fsp3) is 0.583. The first kappa shape index (κ1) is 13.1. The quantitative estimate of drug-likeness (QED) is 0.645. The number of nitrogens with one attached hydrogen (secondary N) is 1. The normalized spacial score (nSPS) is 13.0. The zero-order chi connectivity index (χ0) is 11.8. The minimum Gasteiger partial charge on any atom is -0.390 e. The lowest BCUT2D eigenvalue weighted by Crippen LogP contribution is -2.35. The van der Waals surface area contributed by atoms with E-state index in [1.807, 2.05) is 31.3 Å². The molecule has 0 aromatic carbocycles. The van der Waals surface area contributed by atoms with Gasteiger partial charge in [-0.1, -0.05) is 6.07 Å². The van der Waals surface area contributed by atoms with Crippen LogP contribution in [0.15, 0.2) is 24.5 Å². The van der Waals surface area contributed by atoms with E-state index in [0.29, 0.717) is 13.1 Å². The Bertz CT molecular complexity index is 277. The maximum atomic E-state index is 9.60. The van der Waals surface area contributed by atoms with Gasteiger partial charge in [0.15, 0.2) is 0 Å². The highest BCUT2D eigenvalue weighted by molar-refractivity contribution is 5.08. The van der Waals surface area contributed by atoms with Crippen LogP contribution in [-0.4, -0.2) is 54.8 Å². The molecule has 0 radical (unpaired) electrons. The van der Waals surface area contributed by atoms with Gasteiger partial charge in [-0.3, -0.25) is 4.98 Å². The molecular formula is C12H21N3O. The number of hydrogen-bond donors (Lipinski definition) is 2. The molecule has 0 aliphatic heterocycles. The van der Waals surface area contributed by atoms with Gasteiger partial charge in [0, 0.05) is 25.5 Å². The van der Waals surface area contributed by atoms with Crippen molar-refractivity contribution in [1.29, 1.82) is 0 Å². The van der Waals surface area contributed by atoms with Gasteiger partial charge in [-0.05, 0) is 38.7 Å². The van der Waals surface area contributed by atoms with Crippen molar-refractivity contribution in [2.24, 2.45) is 0 Å². The highest BCUT2D eigenvalue weighted by Crippen LogP contribution is 1.95. The molecule has 0 saturated carbocycles. The molecule has 4 heteroatoms. The first-order chi connectivity index (χ1) is 7.68. The second kappa shape index (κ2) is 7.33. The molecule has 0 aliphatic rings. The Morgan fingerprint density at radius 2 is 2.31 bits per heavy atom. The molecule has 0 saturated heterocycles. The smallest absolute Gasteiger partial charge is 0.0791 e. The molecule has 90 valence electrons. The van der Waals surface area contributed by atoms with Gasteiger partial charge in [-0.15, -0.1) is 0 Å². The van der Waals surface area contributed by atoms with E-state index in [2.05, 4.69) is 16.4 Å². The predicted molar refractivity (Wildman–Crippen MR) is 65.4 cm³/mol. The number of rotatable bonds is 7. The summed E-state index contributed by atoms with van der Waals surface area (Å²) in [5.41, 5.74) is 1.22. The van der Waals surface area contributed by atoms with Crippen LogP contribution in [0.1, 0.15) is 5.56 Å². The molecule has 1 heterocycles. The molecule has 1 rings (SSSR count). The zero-order valence-corrected chi connectivity index (χ0v) is 10.1. The Labute approximate surface area is 97.3 Å². The SMILES string of the molecule is CN(C)CC(O)CNCCc1cccnc1. The lowest BCUT2D eigenvalue weighted by Gasteiger charge is -2.16. The van der Waals surface area contributed by atoms with Crippen LogP contribution in [0.4, 0.5) is 0 Å². The first-order valence-corrected chi connectivity index (χ1v) is 5.61. The summed E-state index contributed by atoms with van der Waals surface area (Å²) < 4.78 is 0.